The summed E-state index contributed by atoms with van der Waals surface area (Å²) < 4.78 is 28.0. The number of carbonyl (C=O) groups excluding carboxylic acids is 2. The minimum absolute atomic E-state index is 0.0626. The zero-order valence-corrected chi connectivity index (χ0v) is 11.0. The number of esters is 1. The lowest BCUT2D eigenvalue weighted by Gasteiger charge is -2.10. The fourth-order valence-electron chi connectivity index (χ4n) is 1.58. The number of ketones is 1. The van der Waals surface area contributed by atoms with Crippen molar-refractivity contribution in [2.75, 3.05) is 20.8 Å². The zero-order chi connectivity index (χ0) is 14.4. The molecule has 1 aromatic rings. The number of carbonyl (C=O) groups is 2. The van der Waals surface area contributed by atoms with Gasteiger partial charge in [0.05, 0.1) is 25.9 Å². The second-order valence-corrected chi connectivity index (χ2v) is 3.64. The predicted molar refractivity (Wildman–Crippen MR) is 64.6 cm³/mol. The summed E-state index contributed by atoms with van der Waals surface area (Å²) in [5.41, 5.74) is 0.251. The molecule has 0 aromatic heterocycles. The van der Waals surface area contributed by atoms with E-state index in [2.05, 4.69) is 4.74 Å². The molecule has 6 heteroatoms. The van der Waals surface area contributed by atoms with Crippen molar-refractivity contribution in [1.29, 1.82) is 0 Å². The van der Waals surface area contributed by atoms with Gasteiger partial charge in [0.2, 0.25) is 0 Å². The monoisotopic (exact) mass is 270 g/mol. The minimum Gasteiger partial charge on any atom is -0.493 e. The van der Waals surface area contributed by atoms with E-state index < -0.39 is 17.6 Å². The molecule has 0 saturated heterocycles. The van der Waals surface area contributed by atoms with E-state index in [1.807, 2.05) is 0 Å². The van der Waals surface area contributed by atoms with Crippen LogP contribution in [0, 0.1) is 5.82 Å². The molecular weight excluding hydrogens is 255 g/mol. The lowest BCUT2D eigenvalue weighted by atomic mass is 10.1. The molecule has 5 nitrogen and oxygen atoms in total. The standard InChI is InChI=1S/C13H15FO5/c1-4-19-13(16)11(15)9-5-8(7-17-2)6-10(14)12(9)18-3/h5-6H,4,7H2,1-3H3. The summed E-state index contributed by atoms with van der Waals surface area (Å²) >= 11 is 0. The average Bonchev–Trinajstić information content (AvgIpc) is 2.38. The molecule has 0 unspecified atom stereocenters. The highest BCUT2D eigenvalue weighted by molar-refractivity contribution is 6.41. The van der Waals surface area contributed by atoms with Crippen LogP contribution in [-0.4, -0.2) is 32.6 Å². The van der Waals surface area contributed by atoms with Crippen molar-refractivity contribution in [3.05, 3.63) is 29.1 Å². The van der Waals surface area contributed by atoms with Gasteiger partial charge in [-0.25, -0.2) is 9.18 Å². The largest absolute Gasteiger partial charge is 0.493 e. The molecule has 0 aliphatic rings. The fourth-order valence-corrected chi connectivity index (χ4v) is 1.58. The molecule has 0 fully saturated rings. The van der Waals surface area contributed by atoms with E-state index >= 15 is 0 Å². The normalized spacial score (nSPS) is 10.1. The Morgan fingerprint density at radius 2 is 1.95 bits per heavy atom. The van der Waals surface area contributed by atoms with Crippen LogP contribution in [-0.2, 0) is 20.9 Å². The number of rotatable bonds is 6. The third-order valence-corrected chi connectivity index (χ3v) is 2.32. The molecular formula is C13H15FO5. The van der Waals surface area contributed by atoms with Crippen LogP contribution < -0.4 is 4.74 Å². The van der Waals surface area contributed by atoms with Gasteiger partial charge >= 0.3 is 5.97 Å². The van der Waals surface area contributed by atoms with Gasteiger partial charge in [-0.1, -0.05) is 0 Å². The fraction of sp³-hybridized carbons (Fsp3) is 0.385. The summed E-state index contributed by atoms with van der Waals surface area (Å²) in [6, 6.07) is 2.54. The number of ether oxygens (including phenoxy) is 3. The van der Waals surface area contributed by atoms with E-state index in [-0.39, 0.29) is 24.5 Å². The quantitative estimate of drug-likeness (QED) is 0.447. The lowest BCUT2D eigenvalue weighted by molar-refractivity contribution is -0.137. The first-order valence-electron chi connectivity index (χ1n) is 5.61. The van der Waals surface area contributed by atoms with Gasteiger partial charge in [-0.15, -0.1) is 0 Å². The number of hydrogen-bond donors (Lipinski definition) is 0. The molecule has 0 heterocycles. The van der Waals surface area contributed by atoms with Crippen LogP contribution >= 0.6 is 0 Å². The van der Waals surface area contributed by atoms with Crippen molar-refractivity contribution < 1.29 is 28.2 Å². The van der Waals surface area contributed by atoms with Crippen LogP contribution in [0.3, 0.4) is 0 Å². The van der Waals surface area contributed by atoms with E-state index in [9.17, 15) is 14.0 Å². The first-order valence-corrected chi connectivity index (χ1v) is 5.61. The Balaban J connectivity index is 3.22. The molecule has 0 N–H and O–H groups in total. The van der Waals surface area contributed by atoms with Crippen molar-refractivity contribution in [3.8, 4) is 5.75 Å². The predicted octanol–water partition coefficient (Wildman–Crippen LogP) is 1.73. The maximum Gasteiger partial charge on any atom is 0.379 e. The molecule has 1 rings (SSSR count). The van der Waals surface area contributed by atoms with Gasteiger partial charge in [0.15, 0.2) is 11.6 Å². The number of hydrogen-bond acceptors (Lipinski definition) is 5. The first kappa shape index (κ1) is 15.1. The van der Waals surface area contributed by atoms with Gasteiger partial charge in [0, 0.05) is 7.11 Å². The van der Waals surface area contributed by atoms with Crippen molar-refractivity contribution in [3.63, 3.8) is 0 Å². The van der Waals surface area contributed by atoms with Crippen molar-refractivity contribution in [2.24, 2.45) is 0 Å². The zero-order valence-electron chi connectivity index (χ0n) is 11.0. The maximum atomic E-state index is 13.8. The summed E-state index contributed by atoms with van der Waals surface area (Å²) in [6.45, 7) is 1.75. The van der Waals surface area contributed by atoms with Crippen LogP contribution in [0.2, 0.25) is 0 Å². The highest BCUT2D eigenvalue weighted by Gasteiger charge is 2.24. The maximum absolute atomic E-state index is 13.8. The molecule has 1 aromatic carbocycles. The highest BCUT2D eigenvalue weighted by Crippen LogP contribution is 2.25. The summed E-state index contributed by atoms with van der Waals surface area (Å²) in [5.74, 6) is -3.01. The van der Waals surface area contributed by atoms with Gasteiger partial charge in [-0.2, -0.15) is 0 Å². The van der Waals surface area contributed by atoms with Gasteiger partial charge in [0.25, 0.3) is 5.78 Å². The SMILES string of the molecule is CCOC(=O)C(=O)c1cc(COC)cc(F)c1OC. The van der Waals surface area contributed by atoms with Crippen LogP contribution in [0.1, 0.15) is 22.8 Å². The summed E-state index contributed by atoms with van der Waals surface area (Å²) in [7, 11) is 2.66. The third kappa shape index (κ3) is 3.51. The van der Waals surface area contributed by atoms with Crippen LogP contribution in [0.5, 0.6) is 5.75 Å². The highest BCUT2D eigenvalue weighted by atomic mass is 19.1. The van der Waals surface area contributed by atoms with Crippen LogP contribution in [0.25, 0.3) is 0 Å². The van der Waals surface area contributed by atoms with Gasteiger partial charge < -0.3 is 14.2 Å². The van der Waals surface area contributed by atoms with Crippen molar-refractivity contribution >= 4 is 11.8 Å². The third-order valence-electron chi connectivity index (χ3n) is 2.32. The summed E-state index contributed by atoms with van der Waals surface area (Å²) in [5, 5.41) is 0. The second kappa shape index (κ2) is 6.84. The Bertz CT molecular complexity index is 484. The average molecular weight is 270 g/mol. The molecule has 104 valence electrons. The topological polar surface area (TPSA) is 61.8 Å². The number of Topliss-reactive ketones (excluding diaryl/α,β-unsaturated/α-hetero) is 1. The molecule has 0 aliphatic heterocycles. The minimum atomic E-state index is -1.05. The van der Waals surface area contributed by atoms with Gasteiger partial charge in [0.1, 0.15) is 0 Å². The van der Waals surface area contributed by atoms with E-state index in [0.29, 0.717) is 5.56 Å². The first-order chi connectivity index (χ1) is 9.04. The van der Waals surface area contributed by atoms with Crippen molar-refractivity contribution in [2.45, 2.75) is 13.5 Å². The number of halogens is 1. The van der Waals surface area contributed by atoms with E-state index in [1.54, 1.807) is 6.92 Å². The molecule has 0 spiro atoms. The Labute approximate surface area is 110 Å². The Morgan fingerprint density at radius 1 is 1.26 bits per heavy atom. The van der Waals surface area contributed by atoms with Crippen LogP contribution in [0.4, 0.5) is 4.39 Å². The molecule has 19 heavy (non-hydrogen) atoms. The van der Waals surface area contributed by atoms with Crippen LogP contribution in [0.15, 0.2) is 12.1 Å². The molecule has 0 bridgehead atoms. The Kier molecular flexibility index (Phi) is 5.44. The van der Waals surface area contributed by atoms with Gasteiger partial charge in [-0.3, -0.25) is 4.79 Å². The van der Waals surface area contributed by atoms with E-state index in [0.717, 1.165) is 0 Å². The Morgan fingerprint density at radius 3 is 2.47 bits per heavy atom. The second-order valence-electron chi connectivity index (χ2n) is 3.64. The van der Waals surface area contributed by atoms with E-state index in [4.69, 9.17) is 9.47 Å². The van der Waals surface area contributed by atoms with Gasteiger partial charge in [-0.05, 0) is 24.6 Å². The van der Waals surface area contributed by atoms with E-state index in [1.165, 1.54) is 26.4 Å². The molecule has 0 amide bonds. The summed E-state index contributed by atoms with van der Waals surface area (Å²) in [4.78, 5) is 23.3. The molecule has 0 atom stereocenters. The smallest absolute Gasteiger partial charge is 0.379 e. The molecule has 0 radical (unpaired) electrons. The number of methoxy groups -OCH3 is 2. The van der Waals surface area contributed by atoms with Crippen molar-refractivity contribution in [1.82, 2.24) is 0 Å². The lowest BCUT2D eigenvalue weighted by Crippen LogP contribution is -2.19. The molecule has 0 aliphatic carbocycles. The number of benzene rings is 1. The molecule has 0 saturated carbocycles. The summed E-state index contributed by atoms with van der Waals surface area (Å²) in [6.07, 6.45) is 0. The Hall–Kier alpha value is -1.95.